The van der Waals surface area contributed by atoms with Crippen molar-refractivity contribution in [2.45, 2.75) is 71.0 Å². The van der Waals surface area contributed by atoms with Gasteiger partial charge in [-0.1, -0.05) is 61.3 Å². The second-order valence-electron chi connectivity index (χ2n) is 10.3. The molecule has 8 nitrogen and oxygen atoms in total. The van der Waals surface area contributed by atoms with E-state index >= 15 is 0 Å². The molecule has 2 unspecified atom stereocenters. The van der Waals surface area contributed by atoms with Gasteiger partial charge < -0.3 is 15.0 Å². The molecule has 0 saturated carbocycles. The molecule has 3 aromatic carbocycles. The van der Waals surface area contributed by atoms with Crippen LogP contribution in [0.5, 0.6) is 5.75 Å². The number of benzene rings is 3. The van der Waals surface area contributed by atoms with E-state index in [1.54, 1.807) is 62.6 Å². The number of halogens is 1. The predicted molar refractivity (Wildman–Crippen MR) is 167 cm³/mol. The maximum atomic E-state index is 14.2. The van der Waals surface area contributed by atoms with Gasteiger partial charge in [-0.15, -0.1) is 0 Å². The lowest BCUT2D eigenvalue weighted by Crippen LogP contribution is -2.53. The lowest BCUT2D eigenvalue weighted by Gasteiger charge is -2.34. The number of carbonyl (C=O) groups is 2. The molecule has 0 aliphatic rings. The van der Waals surface area contributed by atoms with Crippen molar-refractivity contribution in [3.05, 3.63) is 88.4 Å². The highest BCUT2D eigenvalue weighted by molar-refractivity contribution is 7.92. The number of nitrogens with one attached hydrogen (secondary N) is 1. The van der Waals surface area contributed by atoms with Gasteiger partial charge in [-0.3, -0.25) is 13.9 Å². The molecule has 0 aromatic heterocycles. The second kappa shape index (κ2) is 14.6. The zero-order valence-electron chi connectivity index (χ0n) is 25.1. The fourth-order valence-corrected chi connectivity index (χ4v) is 6.19. The number of aryl methyl sites for hydroxylation is 1. The maximum Gasteiger partial charge on any atom is 0.264 e. The fraction of sp³-hybridized carbons (Fsp3) is 0.375. The minimum absolute atomic E-state index is 0.0428. The molecule has 226 valence electrons. The average Bonchev–Trinajstić information content (AvgIpc) is 2.97. The van der Waals surface area contributed by atoms with Crippen LogP contribution in [0.25, 0.3) is 0 Å². The van der Waals surface area contributed by atoms with Gasteiger partial charge in [0.15, 0.2) is 0 Å². The molecule has 0 radical (unpaired) electrons. The molecule has 0 fully saturated rings. The monoisotopic (exact) mass is 613 g/mol. The number of hydrogen-bond acceptors (Lipinski definition) is 5. The molecule has 42 heavy (non-hydrogen) atoms. The minimum Gasteiger partial charge on any atom is -0.497 e. The van der Waals surface area contributed by atoms with E-state index in [0.29, 0.717) is 22.8 Å². The number of anilines is 1. The van der Waals surface area contributed by atoms with Crippen molar-refractivity contribution in [2.24, 2.45) is 0 Å². The summed E-state index contributed by atoms with van der Waals surface area (Å²) < 4.78 is 34.6. The summed E-state index contributed by atoms with van der Waals surface area (Å²) in [5.74, 6) is -0.218. The van der Waals surface area contributed by atoms with Gasteiger partial charge in [0, 0.05) is 17.6 Å². The largest absolute Gasteiger partial charge is 0.497 e. The van der Waals surface area contributed by atoms with E-state index in [2.05, 4.69) is 5.32 Å². The number of carbonyl (C=O) groups excluding carboxylic acids is 2. The van der Waals surface area contributed by atoms with Crippen molar-refractivity contribution in [1.29, 1.82) is 0 Å². The van der Waals surface area contributed by atoms with Crippen LogP contribution in [0.3, 0.4) is 0 Å². The summed E-state index contributed by atoms with van der Waals surface area (Å²) in [6.45, 7) is 8.81. The molecule has 0 aliphatic carbocycles. The number of rotatable bonds is 13. The van der Waals surface area contributed by atoms with Crippen molar-refractivity contribution in [1.82, 2.24) is 10.2 Å². The number of ether oxygens (including phenoxy) is 1. The Kier molecular flexibility index (Phi) is 11.4. The first-order valence-corrected chi connectivity index (χ1v) is 15.8. The van der Waals surface area contributed by atoms with Crippen LogP contribution in [0.2, 0.25) is 5.02 Å². The van der Waals surface area contributed by atoms with Crippen molar-refractivity contribution >= 4 is 39.1 Å². The third kappa shape index (κ3) is 7.83. The Morgan fingerprint density at radius 1 is 0.976 bits per heavy atom. The van der Waals surface area contributed by atoms with Gasteiger partial charge in [-0.25, -0.2) is 8.42 Å². The highest BCUT2D eigenvalue weighted by Gasteiger charge is 2.34. The van der Waals surface area contributed by atoms with Crippen molar-refractivity contribution in [3.63, 3.8) is 0 Å². The zero-order chi connectivity index (χ0) is 31.0. The number of methoxy groups -OCH3 is 1. The van der Waals surface area contributed by atoms with Crippen molar-refractivity contribution in [2.75, 3.05) is 18.0 Å². The lowest BCUT2D eigenvalue weighted by molar-refractivity contribution is -0.140. The normalized spacial score (nSPS) is 12.7. The van der Waals surface area contributed by atoms with Crippen molar-refractivity contribution in [3.8, 4) is 5.75 Å². The van der Waals surface area contributed by atoms with Crippen molar-refractivity contribution < 1.29 is 22.7 Å². The van der Waals surface area contributed by atoms with Gasteiger partial charge in [0.05, 0.1) is 17.7 Å². The summed E-state index contributed by atoms with van der Waals surface area (Å²) in [5.41, 5.74) is 2.45. The summed E-state index contributed by atoms with van der Waals surface area (Å²) in [7, 11) is -2.64. The Labute approximate surface area is 254 Å². The third-order valence-electron chi connectivity index (χ3n) is 7.27. The molecule has 0 saturated heterocycles. The van der Waals surface area contributed by atoms with Crippen LogP contribution in [0.4, 0.5) is 5.69 Å². The Morgan fingerprint density at radius 2 is 1.64 bits per heavy atom. The maximum absolute atomic E-state index is 14.2. The van der Waals surface area contributed by atoms with Crippen LogP contribution < -0.4 is 14.4 Å². The van der Waals surface area contributed by atoms with Gasteiger partial charge in [-0.2, -0.15) is 0 Å². The number of sulfonamides is 1. The Balaban J connectivity index is 2.11. The van der Waals surface area contributed by atoms with E-state index in [1.165, 1.54) is 17.0 Å². The third-order valence-corrected chi connectivity index (χ3v) is 9.45. The summed E-state index contributed by atoms with van der Waals surface area (Å²) in [4.78, 5) is 29.2. The number of amides is 2. The number of nitrogens with zero attached hydrogens (tertiary/aromatic N) is 2. The van der Waals surface area contributed by atoms with Crippen LogP contribution in [-0.4, -0.2) is 50.9 Å². The summed E-state index contributed by atoms with van der Waals surface area (Å²) >= 11 is 6.40. The number of hydrogen-bond donors (Lipinski definition) is 1. The summed E-state index contributed by atoms with van der Waals surface area (Å²) in [6.07, 6.45) is 1.06. The van der Waals surface area contributed by atoms with E-state index < -0.39 is 28.5 Å². The smallest absolute Gasteiger partial charge is 0.264 e. The van der Waals surface area contributed by atoms with E-state index in [4.69, 9.17) is 16.3 Å². The average molecular weight is 614 g/mol. The Bertz CT molecular complexity index is 1490. The Hall–Kier alpha value is -3.56. The molecule has 0 aliphatic heterocycles. The molecule has 3 aromatic rings. The van der Waals surface area contributed by atoms with E-state index in [0.717, 1.165) is 21.9 Å². The molecule has 0 heterocycles. The van der Waals surface area contributed by atoms with Crippen LogP contribution in [0.1, 0.15) is 50.3 Å². The van der Waals surface area contributed by atoms with Crippen LogP contribution in [0.15, 0.2) is 71.6 Å². The van der Waals surface area contributed by atoms with Gasteiger partial charge in [-0.05, 0) is 81.1 Å². The molecule has 0 bridgehead atoms. The van der Waals surface area contributed by atoms with E-state index in [-0.39, 0.29) is 29.1 Å². The first-order valence-electron chi connectivity index (χ1n) is 14.0. The van der Waals surface area contributed by atoms with Gasteiger partial charge in [0.1, 0.15) is 18.3 Å². The van der Waals surface area contributed by atoms with Crippen LogP contribution >= 0.6 is 11.6 Å². The standard InChI is InChI=1S/C32H40ClN3O5S/c1-7-23(4)34-32(38)29(8-2)35(20-25-11-9-12-26(19-25)41-6)31(37)21-36(30-14-10-13-28(33)24(30)5)42(39,40)27-17-15-22(3)16-18-27/h9-19,23,29H,7-8,20-21H2,1-6H3,(H,34,38). The summed E-state index contributed by atoms with van der Waals surface area (Å²) in [5, 5.41) is 3.35. The zero-order valence-corrected chi connectivity index (χ0v) is 26.6. The summed E-state index contributed by atoms with van der Waals surface area (Å²) in [6, 6.07) is 17.7. The first-order chi connectivity index (χ1) is 19.9. The highest BCUT2D eigenvalue weighted by Crippen LogP contribution is 2.31. The quantitative estimate of drug-likeness (QED) is 0.260. The second-order valence-corrected chi connectivity index (χ2v) is 12.6. The van der Waals surface area contributed by atoms with E-state index in [9.17, 15) is 18.0 Å². The highest BCUT2D eigenvalue weighted by atomic mass is 35.5. The lowest BCUT2D eigenvalue weighted by atomic mass is 10.1. The molecular formula is C32H40ClN3O5S. The van der Waals surface area contributed by atoms with Gasteiger partial charge in [0.25, 0.3) is 10.0 Å². The molecule has 1 N–H and O–H groups in total. The van der Waals surface area contributed by atoms with Crippen LogP contribution in [-0.2, 0) is 26.2 Å². The molecule has 2 amide bonds. The Morgan fingerprint density at radius 3 is 2.26 bits per heavy atom. The van der Waals surface area contributed by atoms with Crippen LogP contribution in [0, 0.1) is 13.8 Å². The molecule has 10 heteroatoms. The molecule has 2 atom stereocenters. The van der Waals surface area contributed by atoms with Gasteiger partial charge >= 0.3 is 0 Å². The fourth-order valence-electron chi connectivity index (χ4n) is 4.55. The molecular weight excluding hydrogens is 574 g/mol. The molecule has 3 rings (SSSR count). The first kappa shape index (κ1) is 32.9. The predicted octanol–water partition coefficient (Wildman–Crippen LogP) is 5.88. The SMILES string of the molecule is CCC(C)NC(=O)C(CC)N(Cc1cccc(OC)c1)C(=O)CN(c1cccc(Cl)c1C)S(=O)(=O)c1ccc(C)cc1. The minimum atomic E-state index is -4.19. The molecule has 0 spiro atoms. The van der Waals surface area contributed by atoms with E-state index in [1.807, 2.05) is 33.8 Å². The van der Waals surface area contributed by atoms with Gasteiger partial charge in [0.2, 0.25) is 11.8 Å². The topological polar surface area (TPSA) is 96.0 Å².